The smallest absolute Gasteiger partial charge is 0.173 e. The predicted octanol–water partition coefficient (Wildman–Crippen LogP) is 0.132. The maximum atomic E-state index is 10.2. The van der Waals surface area contributed by atoms with E-state index in [2.05, 4.69) is 18.3 Å². The molecule has 25 heavy (non-hydrogen) atoms. The summed E-state index contributed by atoms with van der Waals surface area (Å²) in [5.41, 5.74) is 2.38. The second-order valence-electron chi connectivity index (χ2n) is 6.39. The number of phenolic OH excluding ortho intramolecular Hbond substituents is 1. The monoisotopic (exact) mass is 340 g/mol. The zero-order chi connectivity index (χ0) is 17.6. The Morgan fingerprint density at radius 2 is 1.84 bits per heavy atom. The van der Waals surface area contributed by atoms with Crippen molar-refractivity contribution in [2.24, 2.45) is 0 Å². The van der Waals surface area contributed by atoms with E-state index < -0.39 is 0 Å². The number of hydrogen-bond donors (Lipinski definition) is 2. The Bertz CT molecular complexity index is 951. The van der Waals surface area contributed by atoms with Gasteiger partial charge in [-0.15, -0.1) is 0 Å². The molecule has 5 heteroatoms. The molecule has 130 valence electrons. The average Bonchev–Trinajstić information content (AvgIpc) is 2.65. The Hall–Kier alpha value is -2.66. The molecule has 2 aromatic rings. The van der Waals surface area contributed by atoms with Crippen molar-refractivity contribution < 1.29 is 24.2 Å². The number of methoxy groups -OCH3 is 3. The number of rotatable bonds is 3. The van der Waals surface area contributed by atoms with E-state index in [1.165, 1.54) is 10.5 Å². The van der Waals surface area contributed by atoms with Crippen molar-refractivity contribution in [3.05, 3.63) is 45.8 Å². The number of nitrogens with one attached hydrogen (secondary N) is 1. The van der Waals surface area contributed by atoms with Crippen molar-refractivity contribution in [1.82, 2.24) is 0 Å². The summed E-state index contributed by atoms with van der Waals surface area (Å²) in [6.45, 7) is 0.974. The van der Waals surface area contributed by atoms with E-state index in [4.69, 9.17) is 14.2 Å². The summed E-state index contributed by atoms with van der Waals surface area (Å²) in [7, 11) is 4.90. The van der Waals surface area contributed by atoms with Crippen molar-refractivity contribution >= 4 is 12.3 Å². The number of aromatic hydroxyl groups is 1. The first kappa shape index (κ1) is 15.8. The van der Waals surface area contributed by atoms with Gasteiger partial charge in [0.15, 0.2) is 23.0 Å². The first-order chi connectivity index (χ1) is 12.2. The summed E-state index contributed by atoms with van der Waals surface area (Å²) in [6.07, 6.45) is 5.39. The van der Waals surface area contributed by atoms with Crippen LogP contribution >= 0.6 is 0 Å². The van der Waals surface area contributed by atoms with E-state index in [9.17, 15) is 5.11 Å². The maximum absolute atomic E-state index is 10.2. The Balaban J connectivity index is 1.89. The molecule has 2 N–H and O–H groups in total. The third kappa shape index (κ3) is 2.43. The van der Waals surface area contributed by atoms with Gasteiger partial charge in [-0.2, -0.15) is 0 Å². The van der Waals surface area contributed by atoms with Gasteiger partial charge in [0.25, 0.3) is 0 Å². The van der Waals surface area contributed by atoms with Crippen molar-refractivity contribution in [2.45, 2.75) is 12.5 Å². The number of fused-ring (bicyclic) bond motifs is 4. The molecule has 0 fully saturated rings. The third-order valence-corrected chi connectivity index (χ3v) is 5.15. The van der Waals surface area contributed by atoms with Crippen LogP contribution in [-0.4, -0.2) is 33.0 Å². The highest BCUT2D eigenvalue weighted by atomic mass is 16.5. The lowest BCUT2D eigenvalue weighted by molar-refractivity contribution is -0.844. The molecule has 5 nitrogen and oxygen atoms in total. The van der Waals surface area contributed by atoms with Gasteiger partial charge in [-0.1, -0.05) is 6.07 Å². The molecule has 0 spiro atoms. The standard InChI is InChI=1S/C20H21NO4/c1-23-18-5-4-12-8-16-14-10-17(22)19(24-2)9-13(14)6-7-21(16)11-15(12)20(18)25-3/h4-5,8-11,16,22H,6-7H2,1-3H3/p+1. The van der Waals surface area contributed by atoms with E-state index in [-0.39, 0.29) is 11.8 Å². The molecule has 0 aromatic heterocycles. The molecule has 0 saturated carbocycles. The highest BCUT2D eigenvalue weighted by molar-refractivity contribution is 5.55. The topological polar surface area (TPSA) is 52.4 Å². The lowest BCUT2D eigenvalue weighted by Crippen LogP contribution is -3.09. The van der Waals surface area contributed by atoms with Crippen LogP contribution in [0.5, 0.6) is 23.0 Å². The molecule has 0 bridgehead atoms. The van der Waals surface area contributed by atoms with Crippen LogP contribution in [0.1, 0.15) is 17.2 Å². The van der Waals surface area contributed by atoms with Crippen LogP contribution in [0.25, 0.3) is 12.3 Å². The van der Waals surface area contributed by atoms with Gasteiger partial charge >= 0.3 is 0 Å². The lowest BCUT2D eigenvalue weighted by atomic mass is 9.90. The Morgan fingerprint density at radius 3 is 2.56 bits per heavy atom. The van der Waals surface area contributed by atoms with Gasteiger partial charge in [0.1, 0.15) is 12.2 Å². The summed E-state index contributed by atoms with van der Waals surface area (Å²) in [6, 6.07) is 7.96. The largest absolute Gasteiger partial charge is 0.504 e. The molecule has 4 rings (SSSR count). The van der Waals surface area contributed by atoms with E-state index >= 15 is 0 Å². The van der Waals surface area contributed by atoms with Gasteiger partial charge in [0.05, 0.1) is 33.1 Å². The van der Waals surface area contributed by atoms with Gasteiger partial charge in [-0.25, -0.2) is 0 Å². The molecule has 2 aliphatic heterocycles. The fraction of sp³-hybridized carbons (Fsp3) is 0.300. The molecular formula is C20H22NO4+. The van der Waals surface area contributed by atoms with Gasteiger partial charge in [0, 0.05) is 12.0 Å². The SMILES string of the molecule is COc1cc2c(cc1O)C1C=c3ccc(OC)c(OC)c3=C[NH+]1CC2. The number of phenols is 1. The van der Waals surface area contributed by atoms with E-state index in [1.807, 2.05) is 18.2 Å². The predicted molar refractivity (Wildman–Crippen MR) is 94.7 cm³/mol. The molecule has 0 aliphatic carbocycles. The highest BCUT2D eigenvalue weighted by Crippen LogP contribution is 2.34. The zero-order valence-corrected chi connectivity index (χ0v) is 14.6. The molecule has 2 unspecified atom stereocenters. The molecule has 0 saturated heterocycles. The molecule has 2 aliphatic rings. The number of ether oxygens (including phenoxy) is 3. The van der Waals surface area contributed by atoms with Crippen LogP contribution in [0.15, 0.2) is 24.3 Å². The molecule has 2 aromatic carbocycles. The van der Waals surface area contributed by atoms with Crippen LogP contribution < -0.4 is 29.5 Å². The van der Waals surface area contributed by atoms with Gasteiger partial charge < -0.3 is 19.3 Å². The molecule has 2 heterocycles. The van der Waals surface area contributed by atoms with E-state index in [0.29, 0.717) is 5.75 Å². The number of quaternary nitrogens is 1. The second kappa shape index (κ2) is 6.01. The molecule has 2 atom stereocenters. The highest BCUT2D eigenvalue weighted by Gasteiger charge is 2.32. The first-order valence-corrected chi connectivity index (χ1v) is 8.36. The summed E-state index contributed by atoms with van der Waals surface area (Å²) < 4.78 is 16.3. The van der Waals surface area contributed by atoms with Crippen LogP contribution in [0.2, 0.25) is 0 Å². The minimum atomic E-state index is 0.172. The van der Waals surface area contributed by atoms with Crippen molar-refractivity contribution in [3.8, 4) is 23.0 Å². The second-order valence-corrected chi connectivity index (χ2v) is 6.39. The van der Waals surface area contributed by atoms with Gasteiger partial charge in [-0.05, 0) is 35.1 Å². The molecule has 0 amide bonds. The Labute approximate surface area is 146 Å². The average molecular weight is 340 g/mol. The fourth-order valence-corrected chi connectivity index (χ4v) is 3.91. The summed E-state index contributed by atoms with van der Waals surface area (Å²) in [5.74, 6) is 2.23. The number of benzene rings is 2. The van der Waals surface area contributed by atoms with E-state index in [1.54, 1.807) is 21.3 Å². The summed E-state index contributed by atoms with van der Waals surface area (Å²) >= 11 is 0. The quantitative estimate of drug-likeness (QED) is 0.834. The van der Waals surface area contributed by atoms with Gasteiger partial charge in [0.2, 0.25) is 0 Å². The molecule has 0 radical (unpaired) electrons. The molecular weight excluding hydrogens is 318 g/mol. The maximum Gasteiger partial charge on any atom is 0.173 e. The van der Waals surface area contributed by atoms with Crippen LogP contribution in [0, 0.1) is 0 Å². The van der Waals surface area contributed by atoms with E-state index in [0.717, 1.165) is 40.5 Å². The van der Waals surface area contributed by atoms with Gasteiger partial charge in [-0.3, -0.25) is 4.90 Å². The van der Waals surface area contributed by atoms with Crippen molar-refractivity contribution in [2.75, 3.05) is 27.9 Å². The summed E-state index contributed by atoms with van der Waals surface area (Å²) in [4.78, 5) is 1.33. The van der Waals surface area contributed by atoms with Crippen LogP contribution in [-0.2, 0) is 6.42 Å². The lowest BCUT2D eigenvalue weighted by Gasteiger charge is -2.32. The minimum absolute atomic E-state index is 0.172. The van der Waals surface area contributed by atoms with Crippen LogP contribution in [0.4, 0.5) is 0 Å². The number of hydrogen-bond acceptors (Lipinski definition) is 4. The van der Waals surface area contributed by atoms with Crippen LogP contribution in [0.3, 0.4) is 0 Å². The zero-order valence-electron chi connectivity index (χ0n) is 14.6. The minimum Gasteiger partial charge on any atom is -0.504 e. The normalized spacial score (nSPS) is 20.3. The third-order valence-electron chi connectivity index (χ3n) is 5.15. The fourth-order valence-electron chi connectivity index (χ4n) is 3.91. The Kier molecular flexibility index (Phi) is 3.81. The van der Waals surface area contributed by atoms with Crippen molar-refractivity contribution in [3.63, 3.8) is 0 Å². The first-order valence-electron chi connectivity index (χ1n) is 8.36. The Morgan fingerprint density at radius 1 is 1.04 bits per heavy atom. The summed E-state index contributed by atoms with van der Waals surface area (Å²) in [5, 5.41) is 12.4. The van der Waals surface area contributed by atoms with Crippen molar-refractivity contribution in [1.29, 1.82) is 0 Å².